The van der Waals surface area contributed by atoms with Gasteiger partial charge < -0.3 is 4.90 Å². The third-order valence-electron chi connectivity index (χ3n) is 4.28. The molecule has 2 aromatic heterocycles. The SMILES string of the molecule is CC(C)c1scnc1C(=O)N1CCC(c2ccncc2)CC1. The Morgan fingerprint density at radius 3 is 2.59 bits per heavy atom. The number of amides is 1. The van der Waals surface area contributed by atoms with Crippen LogP contribution in [0.15, 0.2) is 30.0 Å². The fourth-order valence-electron chi connectivity index (χ4n) is 3.03. The first-order chi connectivity index (χ1) is 10.7. The Bertz CT molecular complexity index is 630. The van der Waals surface area contributed by atoms with E-state index < -0.39 is 0 Å². The predicted molar refractivity (Wildman–Crippen MR) is 88.3 cm³/mol. The second-order valence-corrected chi connectivity index (χ2v) is 6.95. The molecule has 0 aromatic carbocycles. The summed E-state index contributed by atoms with van der Waals surface area (Å²) in [6.07, 6.45) is 5.71. The first-order valence-electron chi connectivity index (χ1n) is 7.79. The van der Waals surface area contributed by atoms with Gasteiger partial charge in [0.2, 0.25) is 0 Å². The van der Waals surface area contributed by atoms with Crippen molar-refractivity contribution in [3.63, 3.8) is 0 Å². The van der Waals surface area contributed by atoms with E-state index in [-0.39, 0.29) is 5.91 Å². The number of rotatable bonds is 3. The third kappa shape index (κ3) is 3.04. The van der Waals surface area contributed by atoms with Crippen LogP contribution in [-0.2, 0) is 0 Å². The zero-order valence-corrected chi connectivity index (χ0v) is 13.8. The van der Waals surface area contributed by atoms with Crippen LogP contribution < -0.4 is 0 Å². The van der Waals surface area contributed by atoms with Crippen molar-refractivity contribution in [2.75, 3.05) is 13.1 Å². The van der Waals surface area contributed by atoms with Gasteiger partial charge in [-0.2, -0.15) is 0 Å². The average Bonchev–Trinajstić information content (AvgIpc) is 3.05. The Balaban J connectivity index is 1.66. The van der Waals surface area contributed by atoms with Crippen LogP contribution in [0.4, 0.5) is 0 Å². The maximum Gasteiger partial charge on any atom is 0.273 e. The Hall–Kier alpha value is -1.75. The Labute approximate surface area is 135 Å². The van der Waals surface area contributed by atoms with Crippen molar-refractivity contribution < 1.29 is 4.79 Å². The Morgan fingerprint density at radius 1 is 1.27 bits per heavy atom. The molecule has 0 bridgehead atoms. The fourth-order valence-corrected chi connectivity index (χ4v) is 3.82. The van der Waals surface area contributed by atoms with Gasteiger partial charge in [-0.1, -0.05) is 13.8 Å². The van der Waals surface area contributed by atoms with Crippen molar-refractivity contribution in [2.24, 2.45) is 0 Å². The van der Waals surface area contributed by atoms with Gasteiger partial charge in [0, 0.05) is 30.4 Å². The monoisotopic (exact) mass is 315 g/mol. The number of aromatic nitrogens is 2. The lowest BCUT2D eigenvalue weighted by Gasteiger charge is -2.32. The Morgan fingerprint density at radius 2 is 1.95 bits per heavy atom. The lowest BCUT2D eigenvalue weighted by molar-refractivity contribution is 0.0706. The van der Waals surface area contributed by atoms with E-state index in [9.17, 15) is 4.79 Å². The van der Waals surface area contributed by atoms with E-state index in [0.29, 0.717) is 17.5 Å². The zero-order valence-electron chi connectivity index (χ0n) is 13.0. The molecule has 2 aromatic rings. The van der Waals surface area contributed by atoms with Gasteiger partial charge in [-0.3, -0.25) is 9.78 Å². The van der Waals surface area contributed by atoms with Gasteiger partial charge in [0.05, 0.1) is 5.51 Å². The molecule has 3 heterocycles. The van der Waals surface area contributed by atoms with E-state index >= 15 is 0 Å². The molecule has 1 amide bonds. The topological polar surface area (TPSA) is 46.1 Å². The van der Waals surface area contributed by atoms with Gasteiger partial charge in [0.1, 0.15) is 5.69 Å². The van der Waals surface area contributed by atoms with E-state index in [0.717, 1.165) is 30.8 Å². The minimum Gasteiger partial charge on any atom is -0.337 e. The molecule has 4 nitrogen and oxygen atoms in total. The summed E-state index contributed by atoms with van der Waals surface area (Å²) >= 11 is 1.58. The molecule has 0 N–H and O–H groups in total. The van der Waals surface area contributed by atoms with Gasteiger partial charge in [-0.05, 0) is 42.4 Å². The number of carbonyl (C=O) groups is 1. The number of hydrogen-bond acceptors (Lipinski definition) is 4. The fraction of sp³-hybridized carbons (Fsp3) is 0.471. The zero-order chi connectivity index (χ0) is 15.5. The highest BCUT2D eigenvalue weighted by Crippen LogP contribution is 2.30. The molecule has 22 heavy (non-hydrogen) atoms. The second kappa shape index (κ2) is 6.57. The van der Waals surface area contributed by atoms with Crippen LogP contribution in [0.5, 0.6) is 0 Å². The number of carbonyl (C=O) groups excluding carboxylic acids is 1. The van der Waals surface area contributed by atoms with Crippen molar-refractivity contribution in [3.05, 3.63) is 46.2 Å². The van der Waals surface area contributed by atoms with Crippen molar-refractivity contribution in [2.45, 2.75) is 38.5 Å². The molecule has 0 aliphatic carbocycles. The van der Waals surface area contributed by atoms with Crippen LogP contribution in [0, 0.1) is 0 Å². The number of nitrogens with zero attached hydrogens (tertiary/aromatic N) is 3. The molecule has 1 aliphatic heterocycles. The van der Waals surface area contributed by atoms with Gasteiger partial charge in [0.25, 0.3) is 5.91 Å². The molecule has 0 unspecified atom stereocenters. The van der Waals surface area contributed by atoms with Crippen molar-refractivity contribution in [1.82, 2.24) is 14.9 Å². The molecule has 0 spiro atoms. The van der Waals surface area contributed by atoms with Crippen molar-refractivity contribution in [3.8, 4) is 0 Å². The maximum absolute atomic E-state index is 12.7. The number of pyridine rings is 1. The van der Waals surface area contributed by atoms with Crippen molar-refractivity contribution in [1.29, 1.82) is 0 Å². The van der Waals surface area contributed by atoms with Crippen molar-refractivity contribution >= 4 is 17.2 Å². The summed E-state index contributed by atoms with van der Waals surface area (Å²) in [7, 11) is 0. The van der Waals surface area contributed by atoms with Crippen LogP contribution >= 0.6 is 11.3 Å². The number of piperidine rings is 1. The molecule has 116 valence electrons. The number of likely N-dealkylation sites (tertiary alicyclic amines) is 1. The third-order valence-corrected chi connectivity index (χ3v) is 5.41. The largest absolute Gasteiger partial charge is 0.337 e. The summed E-state index contributed by atoms with van der Waals surface area (Å²) in [5, 5.41) is 0. The van der Waals surface area contributed by atoms with Gasteiger partial charge in [0.15, 0.2) is 0 Å². The lowest BCUT2D eigenvalue weighted by Crippen LogP contribution is -2.38. The smallest absolute Gasteiger partial charge is 0.273 e. The normalized spacial score (nSPS) is 16.2. The summed E-state index contributed by atoms with van der Waals surface area (Å²) in [6.45, 7) is 5.84. The Kier molecular flexibility index (Phi) is 4.52. The first kappa shape index (κ1) is 15.2. The summed E-state index contributed by atoms with van der Waals surface area (Å²) in [4.78, 5) is 24.1. The highest BCUT2D eigenvalue weighted by Gasteiger charge is 2.27. The maximum atomic E-state index is 12.7. The standard InChI is InChI=1S/C17H21N3OS/c1-12(2)16-15(19-11-22-16)17(21)20-9-5-14(6-10-20)13-3-7-18-8-4-13/h3-4,7-8,11-12,14H,5-6,9-10H2,1-2H3. The summed E-state index contributed by atoms with van der Waals surface area (Å²) in [5.74, 6) is 0.978. The average molecular weight is 315 g/mol. The molecule has 1 saturated heterocycles. The first-order valence-corrected chi connectivity index (χ1v) is 8.67. The van der Waals surface area contributed by atoms with Crippen LogP contribution in [0.25, 0.3) is 0 Å². The van der Waals surface area contributed by atoms with E-state index in [1.54, 1.807) is 16.8 Å². The summed E-state index contributed by atoms with van der Waals surface area (Å²) < 4.78 is 0. The lowest BCUT2D eigenvalue weighted by atomic mass is 9.90. The molecule has 5 heteroatoms. The summed E-state index contributed by atoms with van der Waals surface area (Å²) in [5.41, 5.74) is 3.77. The molecule has 1 aliphatic rings. The molecule has 0 atom stereocenters. The van der Waals surface area contributed by atoms with Crippen LogP contribution in [0.2, 0.25) is 0 Å². The predicted octanol–water partition coefficient (Wildman–Crippen LogP) is 3.68. The molecule has 0 saturated carbocycles. The summed E-state index contributed by atoms with van der Waals surface area (Å²) in [6, 6.07) is 4.17. The van der Waals surface area contributed by atoms with Crippen LogP contribution in [0.3, 0.4) is 0 Å². The molecule has 1 fully saturated rings. The minimum atomic E-state index is 0.0955. The van der Waals surface area contributed by atoms with E-state index in [1.165, 1.54) is 5.56 Å². The molecular formula is C17H21N3OS. The second-order valence-electron chi connectivity index (χ2n) is 6.07. The van der Waals surface area contributed by atoms with Gasteiger partial charge in [-0.25, -0.2) is 4.98 Å². The van der Waals surface area contributed by atoms with E-state index in [4.69, 9.17) is 0 Å². The number of hydrogen-bond donors (Lipinski definition) is 0. The van der Waals surface area contributed by atoms with Crippen LogP contribution in [0.1, 0.15) is 59.5 Å². The molecular weight excluding hydrogens is 294 g/mol. The molecule has 0 radical (unpaired) electrons. The van der Waals surface area contributed by atoms with Gasteiger partial charge >= 0.3 is 0 Å². The highest BCUT2D eigenvalue weighted by atomic mass is 32.1. The number of thiazole rings is 1. The van der Waals surface area contributed by atoms with E-state index in [2.05, 4.69) is 35.9 Å². The quantitative estimate of drug-likeness (QED) is 0.868. The van der Waals surface area contributed by atoms with Gasteiger partial charge in [-0.15, -0.1) is 11.3 Å². The molecule has 3 rings (SSSR count). The van der Waals surface area contributed by atoms with Crippen LogP contribution in [-0.4, -0.2) is 33.9 Å². The highest BCUT2D eigenvalue weighted by molar-refractivity contribution is 7.10. The van der Waals surface area contributed by atoms with E-state index in [1.807, 2.05) is 17.3 Å². The minimum absolute atomic E-state index is 0.0955.